The summed E-state index contributed by atoms with van der Waals surface area (Å²) >= 11 is 0. The monoisotopic (exact) mass is 248 g/mol. The Labute approximate surface area is 105 Å². The van der Waals surface area contributed by atoms with Gasteiger partial charge in [0.15, 0.2) is 5.82 Å². The molecule has 0 bridgehead atoms. The van der Waals surface area contributed by atoms with E-state index in [1.165, 1.54) is 12.3 Å². The summed E-state index contributed by atoms with van der Waals surface area (Å²) in [5.41, 5.74) is -0.0664. The van der Waals surface area contributed by atoms with Gasteiger partial charge >= 0.3 is 0 Å². The summed E-state index contributed by atoms with van der Waals surface area (Å²) in [5, 5.41) is 2.60. The van der Waals surface area contributed by atoms with Crippen molar-refractivity contribution in [3.63, 3.8) is 0 Å². The van der Waals surface area contributed by atoms with Gasteiger partial charge in [-0.3, -0.25) is 9.78 Å². The Hall–Kier alpha value is -1.93. The van der Waals surface area contributed by atoms with Gasteiger partial charge in [-0.05, 0) is 18.9 Å². The lowest BCUT2D eigenvalue weighted by Crippen LogP contribution is -2.42. The minimum absolute atomic E-state index is 0.0664. The lowest BCUT2D eigenvalue weighted by molar-refractivity contribution is 0.0773. The van der Waals surface area contributed by atoms with Crippen LogP contribution in [0.3, 0.4) is 0 Å². The van der Waals surface area contributed by atoms with Crippen LogP contribution in [0.25, 0.3) is 0 Å². The van der Waals surface area contributed by atoms with E-state index >= 15 is 0 Å². The number of rotatable bonds is 3. The number of terminal acetylenes is 1. The molecular weight excluding hydrogens is 235 g/mol. The summed E-state index contributed by atoms with van der Waals surface area (Å²) in [5.74, 6) is 1.25. The zero-order valence-electron chi connectivity index (χ0n) is 9.73. The zero-order valence-corrected chi connectivity index (χ0v) is 9.73. The van der Waals surface area contributed by atoms with Gasteiger partial charge in [0.2, 0.25) is 0 Å². The molecule has 1 fully saturated rings. The second-order valence-corrected chi connectivity index (χ2v) is 4.02. The first-order valence-electron chi connectivity index (χ1n) is 5.70. The Kier molecular flexibility index (Phi) is 3.90. The topological polar surface area (TPSA) is 51.2 Å². The minimum atomic E-state index is -0.668. The van der Waals surface area contributed by atoms with Gasteiger partial charge in [0.05, 0.1) is 17.9 Å². The Morgan fingerprint density at radius 3 is 3.17 bits per heavy atom. The molecule has 2 atom stereocenters. The number of carbonyl (C=O) groups is 1. The predicted octanol–water partition coefficient (Wildman–Crippen LogP) is 1.13. The molecule has 18 heavy (non-hydrogen) atoms. The Morgan fingerprint density at radius 1 is 1.72 bits per heavy atom. The molecule has 1 aliphatic heterocycles. The van der Waals surface area contributed by atoms with Crippen LogP contribution in [-0.2, 0) is 4.74 Å². The Bertz CT molecular complexity index is 478. The highest BCUT2D eigenvalue weighted by atomic mass is 19.1. The molecule has 1 N–H and O–H groups in total. The number of nitrogens with zero attached hydrogens (tertiary/aromatic N) is 1. The highest BCUT2D eigenvalue weighted by Crippen LogP contribution is 2.16. The predicted molar refractivity (Wildman–Crippen MR) is 63.3 cm³/mol. The van der Waals surface area contributed by atoms with Crippen molar-refractivity contribution in [1.82, 2.24) is 10.3 Å². The van der Waals surface area contributed by atoms with Crippen molar-refractivity contribution in [3.05, 3.63) is 29.8 Å². The maximum absolute atomic E-state index is 13.4. The van der Waals surface area contributed by atoms with Gasteiger partial charge in [-0.15, -0.1) is 6.42 Å². The summed E-state index contributed by atoms with van der Waals surface area (Å²) in [6.45, 7) is 0.641. The first-order valence-corrected chi connectivity index (χ1v) is 5.70. The molecule has 2 rings (SSSR count). The van der Waals surface area contributed by atoms with Crippen LogP contribution < -0.4 is 5.32 Å². The summed E-state index contributed by atoms with van der Waals surface area (Å²) < 4.78 is 18.8. The fourth-order valence-corrected chi connectivity index (χ4v) is 1.89. The van der Waals surface area contributed by atoms with E-state index in [4.69, 9.17) is 11.2 Å². The second kappa shape index (κ2) is 5.61. The third-order valence-corrected chi connectivity index (χ3v) is 2.82. The van der Waals surface area contributed by atoms with Crippen LogP contribution >= 0.6 is 0 Å². The second-order valence-electron chi connectivity index (χ2n) is 4.02. The molecule has 2 heterocycles. The van der Waals surface area contributed by atoms with Crippen molar-refractivity contribution in [2.24, 2.45) is 0 Å². The molecule has 4 nitrogen and oxygen atoms in total. The number of nitrogens with one attached hydrogen (secondary N) is 1. The number of ether oxygens (including phenoxy) is 1. The number of carbonyl (C=O) groups excluding carboxylic acids is 1. The van der Waals surface area contributed by atoms with Gasteiger partial charge in [0.25, 0.3) is 5.91 Å². The van der Waals surface area contributed by atoms with Gasteiger partial charge < -0.3 is 10.1 Å². The quantitative estimate of drug-likeness (QED) is 0.816. The number of hydrogen-bond acceptors (Lipinski definition) is 3. The average molecular weight is 248 g/mol. The third kappa shape index (κ3) is 2.66. The fourth-order valence-electron chi connectivity index (χ4n) is 1.89. The van der Waals surface area contributed by atoms with Crippen LogP contribution in [0.1, 0.15) is 23.2 Å². The van der Waals surface area contributed by atoms with E-state index in [-0.39, 0.29) is 11.7 Å². The van der Waals surface area contributed by atoms with E-state index in [1.54, 1.807) is 0 Å². The normalized spacial score (nSPS) is 20.1. The number of halogens is 1. The van der Waals surface area contributed by atoms with Crippen LogP contribution in [0.15, 0.2) is 18.5 Å². The van der Waals surface area contributed by atoms with Crippen molar-refractivity contribution in [3.8, 4) is 12.3 Å². The van der Waals surface area contributed by atoms with Crippen molar-refractivity contribution < 1.29 is 13.9 Å². The molecule has 1 aliphatic rings. The number of aromatic nitrogens is 1. The molecule has 0 aromatic carbocycles. The molecule has 1 saturated heterocycles. The number of amides is 1. The van der Waals surface area contributed by atoms with Gasteiger partial charge in [0, 0.05) is 12.8 Å². The first-order chi connectivity index (χ1) is 8.72. The van der Waals surface area contributed by atoms with Crippen molar-refractivity contribution in [1.29, 1.82) is 0 Å². The maximum Gasteiger partial charge on any atom is 0.255 e. The van der Waals surface area contributed by atoms with Crippen LogP contribution in [-0.4, -0.2) is 29.6 Å². The molecule has 5 heteroatoms. The standard InChI is InChI=1S/C13H13FN2O2/c1-2-11(12-4-3-7-18-12)16-13(17)9-5-6-15-8-10(9)14/h1,5-6,8,11-12H,3-4,7H2,(H,16,17)/t11-,12+/m1/s1. The molecule has 0 radical (unpaired) electrons. The molecule has 1 aromatic heterocycles. The van der Waals surface area contributed by atoms with E-state index in [9.17, 15) is 9.18 Å². The molecule has 1 aromatic rings. The van der Waals surface area contributed by atoms with Crippen molar-refractivity contribution >= 4 is 5.91 Å². The van der Waals surface area contributed by atoms with Crippen LogP contribution in [0.5, 0.6) is 0 Å². The summed E-state index contributed by atoms with van der Waals surface area (Å²) in [6, 6.07) is 0.779. The molecular formula is C13H13FN2O2. The lowest BCUT2D eigenvalue weighted by Gasteiger charge is -2.19. The van der Waals surface area contributed by atoms with E-state index in [0.29, 0.717) is 6.61 Å². The van der Waals surface area contributed by atoms with Gasteiger partial charge in [-0.2, -0.15) is 0 Å². The van der Waals surface area contributed by atoms with Crippen LogP contribution in [0.2, 0.25) is 0 Å². The Balaban J connectivity index is 2.06. The highest BCUT2D eigenvalue weighted by Gasteiger charge is 2.26. The molecule has 0 saturated carbocycles. The SMILES string of the molecule is C#C[C@@H](NC(=O)c1ccncc1F)[C@@H]1CCCO1. The largest absolute Gasteiger partial charge is 0.375 e. The molecule has 94 valence electrons. The zero-order chi connectivity index (χ0) is 13.0. The Morgan fingerprint density at radius 2 is 2.56 bits per heavy atom. The van der Waals surface area contributed by atoms with Crippen molar-refractivity contribution in [2.45, 2.75) is 25.0 Å². The van der Waals surface area contributed by atoms with Gasteiger partial charge in [-0.1, -0.05) is 5.92 Å². The molecule has 0 unspecified atom stereocenters. The number of pyridine rings is 1. The van der Waals surface area contributed by atoms with E-state index in [1.807, 2.05) is 0 Å². The molecule has 0 spiro atoms. The summed E-state index contributed by atoms with van der Waals surface area (Å²) in [7, 11) is 0. The summed E-state index contributed by atoms with van der Waals surface area (Å²) in [4.78, 5) is 15.4. The smallest absolute Gasteiger partial charge is 0.255 e. The lowest BCUT2D eigenvalue weighted by atomic mass is 10.1. The van der Waals surface area contributed by atoms with E-state index < -0.39 is 17.8 Å². The van der Waals surface area contributed by atoms with E-state index in [0.717, 1.165) is 19.0 Å². The van der Waals surface area contributed by atoms with Crippen LogP contribution in [0.4, 0.5) is 4.39 Å². The maximum atomic E-state index is 13.4. The fraction of sp³-hybridized carbons (Fsp3) is 0.385. The van der Waals surface area contributed by atoms with Gasteiger partial charge in [-0.25, -0.2) is 4.39 Å². The minimum Gasteiger partial charge on any atom is -0.375 e. The first kappa shape index (κ1) is 12.5. The molecule has 1 amide bonds. The highest BCUT2D eigenvalue weighted by molar-refractivity contribution is 5.94. The summed E-state index contributed by atoms with van der Waals surface area (Å²) in [6.07, 6.45) is 9.24. The van der Waals surface area contributed by atoms with Crippen molar-refractivity contribution in [2.75, 3.05) is 6.61 Å². The number of hydrogen-bond donors (Lipinski definition) is 1. The molecule has 0 aliphatic carbocycles. The van der Waals surface area contributed by atoms with E-state index in [2.05, 4.69) is 16.2 Å². The van der Waals surface area contributed by atoms with Crippen LogP contribution in [0, 0.1) is 18.2 Å². The average Bonchev–Trinajstić information content (AvgIpc) is 2.90. The third-order valence-electron chi connectivity index (χ3n) is 2.82. The van der Waals surface area contributed by atoms with Gasteiger partial charge in [0.1, 0.15) is 6.04 Å².